The molecule has 106 valence electrons. The summed E-state index contributed by atoms with van der Waals surface area (Å²) in [6.45, 7) is -0.0819. The van der Waals surface area contributed by atoms with Gasteiger partial charge in [-0.1, -0.05) is 12.1 Å². The average Bonchev–Trinajstić information content (AvgIpc) is 2.36. The molecule has 0 saturated heterocycles. The van der Waals surface area contributed by atoms with E-state index in [-0.39, 0.29) is 23.8 Å². The van der Waals surface area contributed by atoms with Gasteiger partial charge in [0.05, 0.1) is 5.56 Å². The Labute approximate surface area is 113 Å². The lowest BCUT2D eigenvalue weighted by Crippen LogP contribution is -2.09. The standard InChI is InChI=1S/C14H12F3NO2/c15-14(16,17)12-7-10(18)4-5-13(12)20-8-9-2-1-3-11(19)6-9/h1-7,19H,8,18H2. The summed E-state index contributed by atoms with van der Waals surface area (Å²) in [5.41, 5.74) is 5.02. The highest BCUT2D eigenvalue weighted by Crippen LogP contribution is 2.37. The van der Waals surface area contributed by atoms with Crippen molar-refractivity contribution in [2.24, 2.45) is 0 Å². The molecule has 2 aromatic carbocycles. The molecule has 0 unspecified atom stereocenters. The van der Waals surface area contributed by atoms with E-state index in [1.807, 2.05) is 0 Å². The van der Waals surface area contributed by atoms with Crippen LogP contribution in [0.1, 0.15) is 11.1 Å². The molecular weight excluding hydrogens is 271 g/mol. The van der Waals surface area contributed by atoms with Crippen LogP contribution in [0.3, 0.4) is 0 Å². The number of alkyl halides is 3. The van der Waals surface area contributed by atoms with Gasteiger partial charge in [-0.2, -0.15) is 13.2 Å². The first kappa shape index (κ1) is 14.0. The van der Waals surface area contributed by atoms with Gasteiger partial charge in [-0.25, -0.2) is 0 Å². The molecule has 0 bridgehead atoms. The molecule has 0 heterocycles. The first-order valence-corrected chi connectivity index (χ1v) is 5.73. The van der Waals surface area contributed by atoms with Crippen LogP contribution in [0.2, 0.25) is 0 Å². The summed E-state index contributed by atoms with van der Waals surface area (Å²) >= 11 is 0. The Morgan fingerprint density at radius 3 is 2.50 bits per heavy atom. The molecule has 0 fully saturated rings. The van der Waals surface area contributed by atoms with Crippen LogP contribution in [0, 0.1) is 0 Å². The minimum absolute atomic E-state index is 0.0158. The van der Waals surface area contributed by atoms with Crippen LogP contribution in [0.25, 0.3) is 0 Å². The molecule has 0 aromatic heterocycles. The van der Waals surface area contributed by atoms with E-state index in [4.69, 9.17) is 10.5 Å². The lowest BCUT2D eigenvalue weighted by molar-refractivity contribution is -0.139. The van der Waals surface area contributed by atoms with Crippen LogP contribution in [0.4, 0.5) is 18.9 Å². The van der Waals surface area contributed by atoms with Gasteiger partial charge in [-0.3, -0.25) is 0 Å². The molecule has 3 nitrogen and oxygen atoms in total. The maximum absolute atomic E-state index is 12.8. The van der Waals surface area contributed by atoms with Crippen LogP contribution in [-0.2, 0) is 12.8 Å². The largest absolute Gasteiger partial charge is 0.508 e. The number of phenolic OH excluding ortho intramolecular Hbond substituents is 1. The highest BCUT2D eigenvalue weighted by atomic mass is 19.4. The number of anilines is 1. The molecule has 0 amide bonds. The molecule has 0 saturated carbocycles. The monoisotopic (exact) mass is 283 g/mol. The molecule has 6 heteroatoms. The molecule has 0 aliphatic carbocycles. The van der Waals surface area contributed by atoms with Crippen LogP contribution in [0.5, 0.6) is 11.5 Å². The second-order valence-electron chi connectivity index (χ2n) is 4.21. The second-order valence-corrected chi connectivity index (χ2v) is 4.21. The van der Waals surface area contributed by atoms with Gasteiger partial charge in [0.25, 0.3) is 0 Å². The summed E-state index contributed by atoms with van der Waals surface area (Å²) in [5.74, 6) is -0.269. The zero-order valence-electron chi connectivity index (χ0n) is 10.3. The molecule has 2 aromatic rings. The van der Waals surface area contributed by atoms with E-state index in [9.17, 15) is 18.3 Å². The fourth-order valence-corrected chi connectivity index (χ4v) is 1.70. The van der Waals surface area contributed by atoms with E-state index in [1.54, 1.807) is 12.1 Å². The lowest BCUT2D eigenvalue weighted by Gasteiger charge is -2.14. The number of rotatable bonds is 3. The van der Waals surface area contributed by atoms with E-state index in [1.165, 1.54) is 24.3 Å². The minimum Gasteiger partial charge on any atom is -0.508 e. The highest BCUT2D eigenvalue weighted by molar-refractivity contribution is 5.49. The predicted octanol–water partition coefficient (Wildman–Crippen LogP) is 3.57. The topological polar surface area (TPSA) is 55.5 Å². The molecule has 0 aliphatic rings. The van der Waals surface area contributed by atoms with Gasteiger partial charge < -0.3 is 15.6 Å². The highest BCUT2D eigenvalue weighted by Gasteiger charge is 2.34. The number of nitrogens with two attached hydrogens (primary N) is 1. The van der Waals surface area contributed by atoms with Crippen molar-refractivity contribution in [3.63, 3.8) is 0 Å². The normalized spacial score (nSPS) is 11.3. The number of ether oxygens (including phenoxy) is 1. The third-order valence-corrected chi connectivity index (χ3v) is 2.61. The second kappa shape index (κ2) is 5.32. The van der Waals surface area contributed by atoms with Gasteiger partial charge in [0.1, 0.15) is 18.1 Å². The van der Waals surface area contributed by atoms with Crippen molar-refractivity contribution < 1.29 is 23.0 Å². The smallest absolute Gasteiger partial charge is 0.420 e. The number of hydrogen-bond donors (Lipinski definition) is 2. The Morgan fingerprint density at radius 1 is 1.10 bits per heavy atom. The van der Waals surface area contributed by atoms with E-state index in [0.29, 0.717) is 5.56 Å². The van der Waals surface area contributed by atoms with Crippen molar-refractivity contribution in [1.82, 2.24) is 0 Å². The SMILES string of the molecule is Nc1ccc(OCc2cccc(O)c2)c(C(F)(F)F)c1. The number of nitrogen functional groups attached to an aromatic ring is 1. The molecule has 2 rings (SSSR count). The number of halogens is 3. The Bertz CT molecular complexity index is 612. The summed E-state index contributed by atoms with van der Waals surface area (Å²) in [6.07, 6.45) is -4.54. The third kappa shape index (κ3) is 3.34. The molecule has 0 atom stereocenters. The minimum atomic E-state index is -4.54. The Kier molecular flexibility index (Phi) is 3.74. The summed E-state index contributed by atoms with van der Waals surface area (Å²) in [6, 6.07) is 9.47. The van der Waals surface area contributed by atoms with Crippen molar-refractivity contribution >= 4 is 5.69 Å². The number of benzene rings is 2. The summed E-state index contributed by atoms with van der Waals surface area (Å²) in [5, 5.41) is 9.28. The number of phenols is 1. The number of aromatic hydroxyl groups is 1. The van der Waals surface area contributed by atoms with E-state index in [2.05, 4.69) is 0 Å². The Hall–Kier alpha value is -2.37. The maximum Gasteiger partial charge on any atom is 0.420 e. The zero-order chi connectivity index (χ0) is 14.8. The summed E-state index contributed by atoms with van der Waals surface area (Å²) in [4.78, 5) is 0. The summed E-state index contributed by atoms with van der Waals surface area (Å²) in [7, 11) is 0. The number of hydrogen-bond acceptors (Lipinski definition) is 3. The average molecular weight is 283 g/mol. The predicted molar refractivity (Wildman–Crippen MR) is 68.3 cm³/mol. The molecule has 0 aliphatic heterocycles. The van der Waals surface area contributed by atoms with E-state index in [0.717, 1.165) is 6.07 Å². The van der Waals surface area contributed by atoms with Crippen molar-refractivity contribution in [3.05, 3.63) is 53.6 Å². The van der Waals surface area contributed by atoms with E-state index >= 15 is 0 Å². The van der Waals surface area contributed by atoms with Gasteiger partial charge in [-0.05, 0) is 35.9 Å². The van der Waals surface area contributed by atoms with Gasteiger partial charge in [0.15, 0.2) is 0 Å². The maximum atomic E-state index is 12.8. The molecule has 0 radical (unpaired) electrons. The van der Waals surface area contributed by atoms with Crippen molar-refractivity contribution in [1.29, 1.82) is 0 Å². The first-order valence-electron chi connectivity index (χ1n) is 5.73. The van der Waals surface area contributed by atoms with Crippen molar-refractivity contribution in [2.45, 2.75) is 12.8 Å². The van der Waals surface area contributed by atoms with Gasteiger partial charge in [0.2, 0.25) is 0 Å². The molecule has 3 N–H and O–H groups in total. The molecular formula is C14H12F3NO2. The summed E-state index contributed by atoms with van der Waals surface area (Å²) < 4.78 is 43.7. The van der Waals surface area contributed by atoms with Crippen molar-refractivity contribution in [2.75, 3.05) is 5.73 Å². The van der Waals surface area contributed by atoms with Crippen LogP contribution >= 0.6 is 0 Å². The third-order valence-electron chi connectivity index (χ3n) is 2.61. The quantitative estimate of drug-likeness (QED) is 0.847. The Morgan fingerprint density at radius 2 is 1.85 bits per heavy atom. The van der Waals surface area contributed by atoms with Gasteiger partial charge >= 0.3 is 6.18 Å². The van der Waals surface area contributed by atoms with E-state index < -0.39 is 11.7 Å². The zero-order valence-corrected chi connectivity index (χ0v) is 10.3. The first-order chi connectivity index (χ1) is 9.36. The van der Waals surface area contributed by atoms with Crippen LogP contribution in [-0.4, -0.2) is 5.11 Å². The van der Waals surface area contributed by atoms with Crippen LogP contribution < -0.4 is 10.5 Å². The molecule has 20 heavy (non-hydrogen) atoms. The fraction of sp³-hybridized carbons (Fsp3) is 0.143. The Balaban J connectivity index is 2.21. The lowest BCUT2D eigenvalue weighted by atomic mass is 10.1. The van der Waals surface area contributed by atoms with Crippen LogP contribution in [0.15, 0.2) is 42.5 Å². The van der Waals surface area contributed by atoms with Gasteiger partial charge in [0, 0.05) is 5.69 Å². The van der Waals surface area contributed by atoms with Crippen molar-refractivity contribution in [3.8, 4) is 11.5 Å². The van der Waals surface area contributed by atoms with Gasteiger partial charge in [-0.15, -0.1) is 0 Å². The fourth-order valence-electron chi connectivity index (χ4n) is 1.70. The molecule has 0 spiro atoms.